The molecule has 1 unspecified atom stereocenters. The average molecular weight is 499 g/mol. The lowest BCUT2D eigenvalue weighted by molar-refractivity contribution is -0.290. The van der Waals surface area contributed by atoms with E-state index >= 15 is 0 Å². The molecule has 0 spiro atoms. The lowest BCUT2D eigenvalue weighted by atomic mass is 10.2. The summed E-state index contributed by atoms with van der Waals surface area (Å²) >= 11 is 0. The zero-order chi connectivity index (χ0) is 26.2. The number of hydrogen-bond acceptors (Lipinski definition) is 10. The second-order valence-electron chi connectivity index (χ2n) is 7.78. The van der Waals surface area contributed by atoms with Crippen LogP contribution in [0.1, 0.15) is 30.9 Å². The number of unbranched alkanes of at least 4 members (excludes halogenated alkanes) is 1. The number of nitrogens with zero attached hydrogens (tertiary/aromatic N) is 2. The molecule has 2 N–H and O–H groups in total. The van der Waals surface area contributed by atoms with Crippen molar-refractivity contribution in [3.05, 3.63) is 47.5 Å². The van der Waals surface area contributed by atoms with Gasteiger partial charge in [0.2, 0.25) is 12.2 Å². The molecule has 192 valence electrons. The van der Waals surface area contributed by atoms with Crippen molar-refractivity contribution < 1.29 is 33.6 Å². The minimum Gasteiger partial charge on any atom is -0.447 e. The number of amides is 1. The standard InChI is InChI=1S/C25H30N4O7/c1-18-6-8-21(12-23(18)26-15-30)28-17-36-35-11-5-4-10-33-20(3)14-34-25(32)29-22-9-7-19(2)24(13-22)27-16-31/h6-9,12-13,20,28H,4-5,10-11,14,17H2,1-3H3,(H,29,32). The molecule has 0 heterocycles. The highest BCUT2D eigenvalue weighted by atomic mass is 17.2. The first kappa shape index (κ1) is 28.4. The second kappa shape index (κ2) is 15.9. The predicted molar refractivity (Wildman–Crippen MR) is 133 cm³/mol. The third-order valence-corrected chi connectivity index (χ3v) is 4.89. The Hall–Kier alpha value is -3.85. The van der Waals surface area contributed by atoms with Gasteiger partial charge in [0.15, 0.2) is 6.73 Å². The summed E-state index contributed by atoms with van der Waals surface area (Å²) in [6.07, 6.45) is 3.55. The van der Waals surface area contributed by atoms with Crippen LogP contribution in [0.15, 0.2) is 46.4 Å². The fourth-order valence-corrected chi connectivity index (χ4v) is 2.90. The van der Waals surface area contributed by atoms with Crippen molar-refractivity contribution in [2.75, 3.05) is 37.2 Å². The number of aliphatic imine (C=N–C) groups is 2. The van der Waals surface area contributed by atoms with Gasteiger partial charge in [-0.3, -0.25) is 5.32 Å². The molecule has 0 aromatic heterocycles. The molecule has 0 saturated heterocycles. The van der Waals surface area contributed by atoms with Crippen molar-refractivity contribution in [3.8, 4) is 0 Å². The van der Waals surface area contributed by atoms with E-state index in [9.17, 15) is 14.4 Å². The van der Waals surface area contributed by atoms with E-state index in [2.05, 4.69) is 20.6 Å². The normalized spacial score (nSPS) is 11.1. The summed E-state index contributed by atoms with van der Waals surface area (Å²) in [6, 6.07) is 10.4. The Morgan fingerprint density at radius 2 is 1.53 bits per heavy atom. The van der Waals surface area contributed by atoms with Crippen molar-refractivity contribution in [3.63, 3.8) is 0 Å². The summed E-state index contributed by atoms with van der Waals surface area (Å²) in [5.74, 6) is 0. The largest absolute Gasteiger partial charge is 0.447 e. The van der Waals surface area contributed by atoms with E-state index in [4.69, 9.17) is 19.2 Å². The van der Waals surface area contributed by atoms with Crippen LogP contribution in [0.5, 0.6) is 0 Å². The quantitative estimate of drug-likeness (QED) is 0.0875. The first-order valence-corrected chi connectivity index (χ1v) is 11.3. The van der Waals surface area contributed by atoms with E-state index in [1.165, 1.54) is 12.2 Å². The van der Waals surface area contributed by atoms with E-state index < -0.39 is 6.09 Å². The molecule has 36 heavy (non-hydrogen) atoms. The highest BCUT2D eigenvalue weighted by molar-refractivity contribution is 5.85. The molecule has 0 radical (unpaired) electrons. The first-order valence-electron chi connectivity index (χ1n) is 11.3. The zero-order valence-electron chi connectivity index (χ0n) is 20.5. The van der Waals surface area contributed by atoms with Gasteiger partial charge in [0.25, 0.3) is 0 Å². The molecule has 0 saturated carbocycles. The monoisotopic (exact) mass is 498 g/mol. The molecule has 1 atom stereocenters. The minimum atomic E-state index is -0.632. The summed E-state index contributed by atoms with van der Waals surface area (Å²) in [5, 5.41) is 5.59. The number of rotatable bonds is 15. The number of carbonyl (C=O) groups excluding carboxylic acids is 3. The molecule has 2 aromatic rings. The Bertz CT molecular complexity index is 1100. The number of anilines is 2. The number of nitrogens with one attached hydrogen (secondary N) is 2. The van der Waals surface area contributed by atoms with Gasteiger partial charge < -0.3 is 14.8 Å². The highest BCUT2D eigenvalue weighted by Crippen LogP contribution is 2.23. The van der Waals surface area contributed by atoms with Gasteiger partial charge in [-0.25, -0.2) is 24.2 Å². The Morgan fingerprint density at radius 1 is 0.917 bits per heavy atom. The summed E-state index contributed by atoms with van der Waals surface area (Å²) in [6.45, 7) is 6.53. The van der Waals surface area contributed by atoms with Crippen LogP contribution in [0.25, 0.3) is 0 Å². The molecule has 11 nitrogen and oxygen atoms in total. The molecule has 0 aliphatic rings. The highest BCUT2D eigenvalue weighted by Gasteiger charge is 2.09. The third kappa shape index (κ3) is 10.6. The van der Waals surface area contributed by atoms with E-state index in [-0.39, 0.29) is 19.4 Å². The molecule has 11 heteroatoms. The minimum absolute atomic E-state index is 0.0845. The van der Waals surface area contributed by atoms with Gasteiger partial charge in [0, 0.05) is 18.0 Å². The van der Waals surface area contributed by atoms with Crippen LogP contribution in [0, 0.1) is 13.8 Å². The van der Waals surface area contributed by atoms with Crippen LogP contribution in [0.3, 0.4) is 0 Å². The maximum atomic E-state index is 12.0. The van der Waals surface area contributed by atoms with Crippen molar-refractivity contribution in [1.82, 2.24) is 0 Å². The summed E-state index contributed by atoms with van der Waals surface area (Å²) in [7, 11) is 0. The predicted octanol–water partition coefficient (Wildman–Crippen LogP) is 4.99. The van der Waals surface area contributed by atoms with Crippen LogP contribution in [0.4, 0.5) is 27.5 Å². The number of isocyanates is 2. The van der Waals surface area contributed by atoms with E-state index in [1.807, 2.05) is 19.1 Å². The van der Waals surface area contributed by atoms with Gasteiger partial charge in [0.1, 0.15) is 6.61 Å². The molecule has 2 rings (SSSR count). The maximum Gasteiger partial charge on any atom is 0.411 e. The fraction of sp³-hybridized carbons (Fsp3) is 0.400. The van der Waals surface area contributed by atoms with Crippen molar-refractivity contribution >= 4 is 41.0 Å². The molecule has 0 aliphatic carbocycles. The number of hydrogen-bond donors (Lipinski definition) is 2. The second-order valence-corrected chi connectivity index (χ2v) is 7.78. The van der Waals surface area contributed by atoms with Gasteiger partial charge in [-0.2, -0.15) is 9.98 Å². The topological polar surface area (TPSA) is 137 Å². The molecule has 2 aromatic carbocycles. The van der Waals surface area contributed by atoms with E-state index in [1.54, 1.807) is 38.1 Å². The van der Waals surface area contributed by atoms with Crippen LogP contribution in [0.2, 0.25) is 0 Å². The Morgan fingerprint density at radius 3 is 2.19 bits per heavy atom. The van der Waals surface area contributed by atoms with Gasteiger partial charge in [-0.15, -0.1) is 0 Å². The van der Waals surface area contributed by atoms with Gasteiger partial charge >= 0.3 is 6.09 Å². The molecule has 1 amide bonds. The lowest BCUT2D eigenvalue weighted by Crippen LogP contribution is -2.22. The Labute approximate surface area is 209 Å². The summed E-state index contributed by atoms with van der Waals surface area (Å²) in [5.41, 5.74) is 3.83. The van der Waals surface area contributed by atoms with E-state index in [0.717, 1.165) is 29.7 Å². The number of ether oxygens (including phenoxy) is 2. The van der Waals surface area contributed by atoms with Gasteiger partial charge in [0.05, 0.1) is 24.1 Å². The van der Waals surface area contributed by atoms with Crippen LogP contribution in [-0.4, -0.2) is 50.9 Å². The Balaban J connectivity index is 1.51. The van der Waals surface area contributed by atoms with Crippen LogP contribution < -0.4 is 10.6 Å². The summed E-state index contributed by atoms with van der Waals surface area (Å²) in [4.78, 5) is 50.3. The number of carbonyl (C=O) groups is 1. The average Bonchev–Trinajstić information content (AvgIpc) is 2.86. The number of aryl methyl sites for hydroxylation is 2. The lowest BCUT2D eigenvalue weighted by Gasteiger charge is -2.14. The van der Waals surface area contributed by atoms with Crippen molar-refractivity contribution in [2.24, 2.45) is 9.98 Å². The van der Waals surface area contributed by atoms with Crippen LogP contribution in [-0.2, 0) is 28.8 Å². The molecule has 0 aliphatic heterocycles. The molecular weight excluding hydrogens is 468 g/mol. The third-order valence-electron chi connectivity index (χ3n) is 4.89. The summed E-state index contributed by atoms with van der Waals surface area (Å²) < 4.78 is 10.8. The molecule has 0 fully saturated rings. The maximum absolute atomic E-state index is 12.0. The fourth-order valence-electron chi connectivity index (χ4n) is 2.90. The Kier molecular flexibility index (Phi) is 12.6. The van der Waals surface area contributed by atoms with Crippen LogP contribution >= 0.6 is 0 Å². The van der Waals surface area contributed by atoms with E-state index in [0.29, 0.717) is 30.3 Å². The molecular formula is C25H30N4O7. The van der Waals surface area contributed by atoms with Gasteiger partial charge in [-0.1, -0.05) is 12.1 Å². The van der Waals surface area contributed by atoms with Crippen molar-refractivity contribution in [1.29, 1.82) is 0 Å². The molecule has 0 bridgehead atoms. The number of benzene rings is 2. The smallest absolute Gasteiger partial charge is 0.411 e. The van der Waals surface area contributed by atoms with Crippen molar-refractivity contribution in [2.45, 2.75) is 39.7 Å². The SMILES string of the molecule is Cc1ccc(NCOOCCCCOC(C)COC(=O)Nc2ccc(C)c(N=C=O)c2)cc1N=C=O. The van der Waals surface area contributed by atoms with Gasteiger partial charge in [-0.05, 0) is 69.0 Å². The first-order chi connectivity index (χ1) is 17.4. The zero-order valence-corrected chi connectivity index (χ0v) is 20.5.